The van der Waals surface area contributed by atoms with Crippen LogP contribution in [0.4, 0.5) is 0 Å². The average Bonchev–Trinajstić information content (AvgIpc) is 1.68. The first-order valence-electron chi connectivity index (χ1n) is 41.0. The predicted molar refractivity (Wildman–Crippen MR) is 458 cm³/mol. The van der Waals surface area contributed by atoms with Crippen molar-refractivity contribution in [3.63, 3.8) is 0 Å². The Morgan fingerprint density at radius 1 is 0.281 bits per heavy atom. The van der Waals surface area contributed by atoms with Gasteiger partial charge in [-0.05, 0) is 104 Å². The fourth-order valence-electron chi connectivity index (χ4n) is 10.1. The van der Waals surface area contributed by atoms with Gasteiger partial charge in [0.1, 0.15) is 63.5 Å². The Bertz CT molecular complexity index is 3720. The molecule has 2 rings (SSSR count). The molecule has 0 spiro atoms. The first-order chi connectivity index (χ1) is 60.0. The van der Waals surface area contributed by atoms with Gasteiger partial charge in [0.2, 0.25) is 11.8 Å². The fraction of sp³-hybridized carbons (Fsp3) is 0.909. The lowest BCUT2D eigenvalue weighted by Crippen LogP contribution is -2.41. The number of nitrogens with zero attached hydrogens (tertiary/aromatic N) is 2. The fourth-order valence-corrected chi connectivity index (χ4v) is 20.9. The number of amides is 4. The van der Waals surface area contributed by atoms with Gasteiger partial charge < -0.3 is 146 Å². The molecular formula is C66H133N2O48P11S. The normalized spacial score (nSPS) is 19.4. The molecule has 0 aromatic rings. The number of ether oxygens (including phenoxy) is 10. The Hall–Kier alpha value is -0.420. The molecule has 0 saturated carbocycles. The standard InChI is InChI=1S/C66H133N2O48P11S/c1-66(2,3)116-127(93,94)115-48-23-37-104-60-126(91,92)114-47-22-36-103-59-125(89,90)113-46-21-35-102-58-124(87,88)112-45-20-34-101-57-123(85,86)111-44-19-33-100-56-122(83,84)110-43-18-32-99-55-121(81,82)109-42-17-31-98-54-120(79,80)108-41-16-30-97-53-119(77,78)107-40-15-29-96-52-118(75,76)106-39-14-28-95-51-117(73,74)105-38-12-10-8-6-4-5-7-9-11-13-49-128-61-50-64(71)68(65(61)72)27-26-67-62(69)24-25-63(67)70/h24-25,61H,4-23,26-60H2,1-3H3,(H,73,74)(H,75,76)(H,77,78)(H,79,80)(H,81,82)(H,83,84)(H,85,86)(H,87,88)(H,89,90)(H,91,92)(H,93,94). The Labute approximate surface area is 749 Å². The van der Waals surface area contributed by atoms with E-state index in [0.29, 0.717) is 6.42 Å². The maximum atomic E-state index is 12.7. The van der Waals surface area contributed by atoms with Crippen molar-refractivity contribution in [3.05, 3.63) is 12.2 Å². The van der Waals surface area contributed by atoms with Crippen molar-refractivity contribution in [3.8, 4) is 0 Å². The van der Waals surface area contributed by atoms with Gasteiger partial charge in [-0.2, -0.15) is 0 Å². The molecule has 12 unspecified atom stereocenters. The summed E-state index contributed by atoms with van der Waals surface area (Å²) >= 11 is 1.47. The lowest BCUT2D eigenvalue weighted by atomic mass is 10.1. The molecule has 0 radical (unpaired) electrons. The Morgan fingerprint density at radius 2 is 0.477 bits per heavy atom. The number of likely N-dealkylation sites (tertiary alicyclic amines) is 1. The van der Waals surface area contributed by atoms with E-state index in [1.807, 2.05) is 0 Å². The van der Waals surface area contributed by atoms with Crippen molar-refractivity contribution in [2.24, 2.45) is 0 Å². The molecule has 0 bridgehead atoms. The topological polar surface area (TPSA) is 688 Å². The van der Waals surface area contributed by atoms with Crippen molar-refractivity contribution >= 4 is 119 Å². The number of carbonyl (C=O) groups is 4. The molecule has 4 amide bonds. The summed E-state index contributed by atoms with van der Waals surface area (Å²) in [5.74, 6) is -0.731. The van der Waals surface area contributed by atoms with Crippen molar-refractivity contribution in [2.75, 3.05) is 221 Å². The van der Waals surface area contributed by atoms with Gasteiger partial charge in [-0.15, -0.1) is 11.8 Å². The highest BCUT2D eigenvalue weighted by atomic mass is 32.2. The summed E-state index contributed by atoms with van der Waals surface area (Å²) < 4.78 is 245. The third-order valence-electron chi connectivity index (χ3n) is 16.0. The number of imide groups is 2. The minimum Gasteiger partial charge on any atom is -0.369 e. The molecule has 1 saturated heterocycles. The van der Waals surface area contributed by atoms with E-state index in [1.165, 1.54) is 11.8 Å². The number of rotatable bonds is 89. The minimum atomic E-state index is -4.28. The zero-order valence-corrected chi connectivity index (χ0v) is 83.0. The molecule has 0 aromatic carbocycles. The van der Waals surface area contributed by atoms with Crippen molar-refractivity contribution in [1.29, 1.82) is 0 Å². The second-order valence-electron chi connectivity index (χ2n) is 29.3. The van der Waals surface area contributed by atoms with E-state index < -0.39 is 170 Å². The van der Waals surface area contributed by atoms with Crippen LogP contribution in [0.15, 0.2) is 12.2 Å². The van der Waals surface area contributed by atoms with Gasteiger partial charge in [0.05, 0.1) is 83.5 Å². The molecule has 756 valence electrons. The lowest BCUT2D eigenvalue weighted by Gasteiger charge is -2.22. The van der Waals surface area contributed by atoms with Crippen molar-refractivity contribution in [2.45, 2.75) is 166 Å². The van der Waals surface area contributed by atoms with E-state index in [9.17, 15) is 123 Å². The average molecular weight is 2100 g/mol. The molecule has 1 fully saturated rings. The van der Waals surface area contributed by atoms with Crippen molar-refractivity contribution < 1.29 is 225 Å². The first-order valence-corrected chi connectivity index (χ1v) is 61.2. The number of unbranched alkanes of at least 4 members (excludes halogenated alkanes) is 9. The lowest BCUT2D eigenvalue weighted by molar-refractivity contribution is -0.142. The van der Waals surface area contributed by atoms with Gasteiger partial charge in [-0.1, -0.05) is 51.4 Å². The molecule has 0 aliphatic carbocycles. The third-order valence-corrected chi connectivity index (χ3v) is 29.5. The molecular weight excluding hydrogens is 1960 g/mol. The minimum absolute atomic E-state index is 0.00259. The number of hydrogen-bond acceptors (Lipinski definition) is 38. The Kier molecular flexibility index (Phi) is 64.7. The number of hydrogen-bond donors (Lipinski definition) is 11. The zero-order chi connectivity index (χ0) is 95.6. The predicted octanol–water partition coefficient (Wildman–Crippen LogP) is 10.3. The summed E-state index contributed by atoms with van der Waals surface area (Å²) in [6, 6.07) is 0. The first kappa shape index (κ1) is 124. The molecule has 62 heteroatoms. The zero-order valence-electron chi connectivity index (χ0n) is 72.4. The smallest absolute Gasteiger partial charge is 0.369 e. The van der Waals surface area contributed by atoms with Crippen LogP contribution < -0.4 is 0 Å². The third kappa shape index (κ3) is 69.4. The molecule has 0 aromatic heterocycles. The van der Waals surface area contributed by atoms with Crippen LogP contribution >= 0.6 is 95.5 Å². The quantitative estimate of drug-likeness (QED) is 0.0153. The highest BCUT2D eigenvalue weighted by Gasteiger charge is 2.40. The second-order valence-corrected chi connectivity index (χ2v) is 49.9. The summed E-state index contributed by atoms with van der Waals surface area (Å²) in [7, 11) is -46.5. The van der Waals surface area contributed by atoms with E-state index in [-0.39, 0.29) is 234 Å². The van der Waals surface area contributed by atoms with E-state index in [1.54, 1.807) is 20.8 Å². The highest BCUT2D eigenvalue weighted by molar-refractivity contribution is 8.00. The molecule has 50 nitrogen and oxygen atoms in total. The van der Waals surface area contributed by atoms with Crippen LogP contribution in [0.25, 0.3) is 0 Å². The van der Waals surface area contributed by atoms with Crippen LogP contribution in [0.3, 0.4) is 0 Å². The van der Waals surface area contributed by atoms with E-state index in [2.05, 4.69) is 0 Å². The van der Waals surface area contributed by atoms with Crippen LogP contribution in [0.5, 0.6) is 0 Å². The SMILES string of the molecule is CC(C)(C)OP(=O)(O)OCCCOCP(=O)(O)OCCCOCP(=O)(O)OCCCOCP(=O)(O)OCCCOCP(=O)(O)OCCCOCP(=O)(O)OCCCOCP(=O)(O)OCCCOCP(=O)(O)OCCCOCP(=O)(O)OCCCOCP(=O)(O)OCCCOCP(=O)(O)OCCCCCCCCCCCCSC1CC(=O)N(CCN2C(=O)C=CC2=O)C1=O. The summed E-state index contributed by atoms with van der Waals surface area (Å²) in [5.41, 5.74) is -0.918. The van der Waals surface area contributed by atoms with Gasteiger partial charge in [0, 0.05) is 97.7 Å². The maximum absolute atomic E-state index is 12.7. The van der Waals surface area contributed by atoms with Crippen LogP contribution in [-0.2, 0) is 171 Å². The molecule has 12 atom stereocenters. The Morgan fingerprint density at radius 3 is 0.703 bits per heavy atom. The number of phosphoric ester groups is 1. The van der Waals surface area contributed by atoms with E-state index in [4.69, 9.17) is 102 Å². The summed E-state index contributed by atoms with van der Waals surface area (Å²) in [5, 5.41) is -0.444. The van der Waals surface area contributed by atoms with Gasteiger partial charge in [0.25, 0.3) is 11.8 Å². The number of phosphoric acid groups is 1. The van der Waals surface area contributed by atoms with Gasteiger partial charge in [0.15, 0.2) is 0 Å². The van der Waals surface area contributed by atoms with Gasteiger partial charge in [-0.25, -0.2) is 4.57 Å². The molecule has 128 heavy (non-hydrogen) atoms. The second kappa shape index (κ2) is 67.0. The summed E-state index contributed by atoms with van der Waals surface area (Å²) in [4.78, 5) is 161. The molecule has 2 aliphatic rings. The van der Waals surface area contributed by atoms with Crippen LogP contribution in [0.2, 0.25) is 0 Å². The summed E-state index contributed by atoms with van der Waals surface area (Å²) in [6.45, 7) is 0.354. The van der Waals surface area contributed by atoms with Crippen molar-refractivity contribution in [1.82, 2.24) is 9.80 Å². The van der Waals surface area contributed by atoms with E-state index >= 15 is 0 Å². The number of thioether (sulfide) groups is 1. The largest absolute Gasteiger partial charge is 0.472 e. The van der Waals surface area contributed by atoms with Crippen LogP contribution in [0.1, 0.15) is 156 Å². The monoisotopic (exact) mass is 2090 g/mol. The van der Waals surface area contributed by atoms with Crippen LogP contribution in [0, 0.1) is 0 Å². The van der Waals surface area contributed by atoms with Crippen LogP contribution in [-0.4, -0.2) is 319 Å². The number of carbonyl (C=O) groups excluding carboxylic acids is 4. The van der Waals surface area contributed by atoms with Gasteiger partial charge in [-0.3, -0.25) is 83.7 Å². The Balaban J connectivity index is 1.35. The maximum Gasteiger partial charge on any atom is 0.472 e. The molecule has 2 heterocycles. The molecule has 2 aliphatic heterocycles. The van der Waals surface area contributed by atoms with Gasteiger partial charge >= 0.3 is 83.8 Å². The highest BCUT2D eigenvalue weighted by Crippen LogP contribution is 2.51. The summed E-state index contributed by atoms with van der Waals surface area (Å²) in [6.07, 6.45) is 5.21. The molecule has 11 N–H and O–H groups in total. The van der Waals surface area contributed by atoms with E-state index in [0.717, 1.165) is 85.5 Å².